The van der Waals surface area contributed by atoms with Crippen molar-refractivity contribution in [3.8, 4) is 5.75 Å². The third kappa shape index (κ3) is 5.67. The second-order valence-electron chi connectivity index (χ2n) is 6.69. The summed E-state index contributed by atoms with van der Waals surface area (Å²) < 4.78 is 38.6. The first-order chi connectivity index (χ1) is 15.3. The Hall–Kier alpha value is -3.34. The standard InChI is InChI=1S/C21H19BrF2N4O4/c1-12-7-17(32-11-13-3-4-14(23)8-16(13)24)19(22)20(29)28(12)10-15-5-6-25-18(27-15)9-26-21(30)31-2/h3-8H,9-11H2,1-2H3,(H,26,30). The van der Waals surface area contributed by atoms with E-state index < -0.39 is 17.7 Å². The van der Waals surface area contributed by atoms with E-state index in [1.165, 1.54) is 23.9 Å². The molecule has 11 heteroatoms. The Kier molecular flexibility index (Phi) is 7.52. The zero-order chi connectivity index (χ0) is 23.3. The summed E-state index contributed by atoms with van der Waals surface area (Å²) in [5, 5.41) is 2.49. The average molecular weight is 509 g/mol. The molecule has 0 aliphatic heterocycles. The number of pyridine rings is 1. The maximum absolute atomic E-state index is 13.8. The highest BCUT2D eigenvalue weighted by Crippen LogP contribution is 2.24. The van der Waals surface area contributed by atoms with Gasteiger partial charge in [0.15, 0.2) is 0 Å². The van der Waals surface area contributed by atoms with Gasteiger partial charge in [-0.3, -0.25) is 4.79 Å². The van der Waals surface area contributed by atoms with Gasteiger partial charge in [0.25, 0.3) is 5.56 Å². The second-order valence-corrected chi connectivity index (χ2v) is 7.48. The summed E-state index contributed by atoms with van der Waals surface area (Å²) in [7, 11) is 1.25. The van der Waals surface area contributed by atoms with Crippen LogP contribution in [0.15, 0.2) is 45.8 Å². The number of nitrogens with zero attached hydrogens (tertiary/aromatic N) is 3. The molecule has 0 saturated carbocycles. The highest BCUT2D eigenvalue weighted by Gasteiger charge is 2.14. The van der Waals surface area contributed by atoms with Crippen LogP contribution in [0, 0.1) is 18.6 Å². The van der Waals surface area contributed by atoms with Gasteiger partial charge in [-0.25, -0.2) is 23.5 Å². The zero-order valence-electron chi connectivity index (χ0n) is 17.2. The summed E-state index contributed by atoms with van der Waals surface area (Å²) in [6.07, 6.45) is 0.923. The molecule has 3 aromatic rings. The van der Waals surface area contributed by atoms with E-state index in [0.29, 0.717) is 17.2 Å². The van der Waals surface area contributed by atoms with Crippen molar-refractivity contribution < 1.29 is 23.0 Å². The van der Waals surface area contributed by atoms with Crippen LogP contribution in [0.4, 0.5) is 13.6 Å². The van der Waals surface area contributed by atoms with Gasteiger partial charge >= 0.3 is 6.09 Å². The molecule has 0 unspecified atom stereocenters. The average Bonchev–Trinajstić information content (AvgIpc) is 2.77. The van der Waals surface area contributed by atoms with Crippen LogP contribution in [0.2, 0.25) is 0 Å². The van der Waals surface area contributed by atoms with E-state index in [0.717, 1.165) is 12.1 Å². The lowest BCUT2D eigenvalue weighted by Crippen LogP contribution is -2.26. The van der Waals surface area contributed by atoms with Crippen molar-refractivity contribution >= 4 is 22.0 Å². The molecular weight excluding hydrogens is 490 g/mol. The number of hydrogen-bond acceptors (Lipinski definition) is 6. The van der Waals surface area contributed by atoms with Crippen molar-refractivity contribution in [2.45, 2.75) is 26.6 Å². The van der Waals surface area contributed by atoms with Gasteiger partial charge in [-0.2, -0.15) is 0 Å². The summed E-state index contributed by atoms with van der Waals surface area (Å²) in [4.78, 5) is 32.5. The Morgan fingerprint density at radius 3 is 2.75 bits per heavy atom. The normalized spacial score (nSPS) is 10.7. The van der Waals surface area contributed by atoms with Crippen LogP contribution >= 0.6 is 15.9 Å². The van der Waals surface area contributed by atoms with Crippen LogP contribution in [0.1, 0.15) is 22.8 Å². The molecule has 0 bridgehead atoms. The predicted molar refractivity (Wildman–Crippen MR) is 114 cm³/mol. The molecule has 2 heterocycles. The molecule has 168 valence electrons. The first-order valence-electron chi connectivity index (χ1n) is 9.37. The molecule has 0 atom stereocenters. The molecule has 1 aromatic carbocycles. The summed E-state index contributed by atoms with van der Waals surface area (Å²) >= 11 is 3.24. The number of carbonyl (C=O) groups excluding carboxylic acids is 1. The molecule has 32 heavy (non-hydrogen) atoms. The van der Waals surface area contributed by atoms with Crippen LogP contribution in [-0.2, 0) is 24.4 Å². The number of nitrogens with one attached hydrogen (secondary N) is 1. The number of methoxy groups -OCH3 is 1. The summed E-state index contributed by atoms with van der Waals surface area (Å²) in [5.41, 5.74) is 0.933. The number of rotatable bonds is 7. The molecule has 2 aromatic heterocycles. The van der Waals surface area contributed by atoms with Gasteiger partial charge in [0.1, 0.15) is 34.3 Å². The molecule has 1 amide bonds. The van der Waals surface area contributed by atoms with Gasteiger partial charge in [-0.15, -0.1) is 0 Å². The van der Waals surface area contributed by atoms with Gasteiger partial charge in [0.05, 0.1) is 25.9 Å². The smallest absolute Gasteiger partial charge is 0.407 e. The predicted octanol–water partition coefficient (Wildman–Crippen LogP) is 3.47. The monoisotopic (exact) mass is 508 g/mol. The summed E-state index contributed by atoms with van der Waals surface area (Å²) in [6, 6.07) is 6.48. The number of halogens is 3. The number of ether oxygens (including phenoxy) is 2. The van der Waals surface area contributed by atoms with Crippen molar-refractivity contribution in [2.75, 3.05) is 7.11 Å². The minimum absolute atomic E-state index is 0.0742. The highest BCUT2D eigenvalue weighted by atomic mass is 79.9. The Labute approximate surface area is 190 Å². The van der Waals surface area contributed by atoms with Gasteiger partial charge in [-0.1, -0.05) is 0 Å². The molecule has 1 N–H and O–H groups in total. The number of aromatic nitrogens is 3. The van der Waals surface area contributed by atoms with E-state index in [1.54, 1.807) is 19.1 Å². The van der Waals surface area contributed by atoms with Crippen LogP contribution in [0.5, 0.6) is 5.75 Å². The number of alkyl carbamates (subject to hydrolysis) is 1. The van der Waals surface area contributed by atoms with Gasteiger partial charge in [0, 0.05) is 29.6 Å². The highest BCUT2D eigenvalue weighted by molar-refractivity contribution is 9.10. The van der Waals surface area contributed by atoms with Crippen molar-refractivity contribution in [1.29, 1.82) is 0 Å². The van der Waals surface area contributed by atoms with Crippen molar-refractivity contribution in [1.82, 2.24) is 19.9 Å². The Morgan fingerprint density at radius 2 is 2.03 bits per heavy atom. The fraction of sp³-hybridized carbons (Fsp3) is 0.238. The molecule has 0 radical (unpaired) electrons. The number of carbonyl (C=O) groups is 1. The lowest BCUT2D eigenvalue weighted by molar-refractivity contribution is 0.170. The van der Waals surface area contributed by atoms with Crippen LogP contribution < -0.4 is 15.6 Å². The summed E-state index contributed by atoms with van der Waals surface area (Å²) in [6.45, 7) is 1.78. The minimum atomic E-state index is -0.729. The number of amides is 1. The van der Waals surface area contributed by atoms with E-state index in [2.05, 4.69) is 36.0 Å². The Morgan fingerprint density at radius 1 is 1.25 bits per heavy atom. The maximum Gasteiger partial charge on any atom is 0.407 e. The quantitative estimate of drug-likeness (QED) is 0.524. The lowest BCUT2D eigenvalue weighted by atomic mass is 10.2. The molecule has 0 spiro atoms. The summed E-state index contributed by atoms with van der Waals surface area (Å²) in [5.74, 6) is -0.815. The fourth-order valence-corrected chi connectivity index (χ4v) is 3.25. The van der Waals surface area contributed by atoms with Crippen LogP contribution in [0.25, 0.3) is 0 Å². The Bertz CT molecular complexity index is 1200. The molecule has 0 aliphatic carbocycles. The number of benzene rings is 1. The van der Waals surface area contributed by atoms with E-state index in [4.69, 9.17) is 4.74 Å². The third-order valence-corrected chi connectivity index (χ3v) is 5.20. The zero-order valence-corrected chi connectivity index (χ0v) is 18.8. The van der Waals surface area contributed by atoms with E-state index in [1.807, 2.05) is 0 Å². The molecule has 0 saturated heterocycles. The molecule has 8 nitrogen and oxygen atoms in total. The SMILES string of the molecule is COC(=O)NCc1nccc(Cn2c(C)cc(OCc3ccc(F)cc3F)c(Br)c2=O)n1. The third-order valence-electron chi connectivity index (χ3n) is 4.47. The van der Waals surface area contributed by atoms with Gasteiger partial charge < -0.3 is 19.4 Å². The molecule has 0 aliphatic rings. The largest absolute Gasteiger partial charge is 0.487 e. The second kappa shape index (κ2) is 10.3. The van der Waals surface area contributed by atoms with Crippen molar-refractivity contribution in [3.05, 3.63) is 85.8 Å². The lowest BCUT2D eigenvalue weighted by Gasteiger charge is -2.15. The van der Waals surface area contributed by atoms with Crippen molar-refractivity contribution in [3.63, 3.8) is 0 Å². The minimum Gasteiger partial charge on any atom is -0.487 e. The van der Waals surface area contributed by atoms with Crippen LogP contribution in [-0.4, -0.2) is 27.7 Å². The van der Waals surface area contributed by atoms with Gasteiger partial charge in [-0.05, 0) is 41.1 Å². The van der Waals surface area contributed by atoms with E-state index in [9.17, 15) is 18.4 Å². The Balaban J connectivity index is 1.77. The molecule has 0 fully saturated rings. The number of aryl methyl sites for hydroxylation is 1. The maximum atomic E-state index is 13.8. The molecule has 3 rings (SSSR count). The topological polar surface area (TPSA) is 95.3 Å². The van der Waals surface area contributed by atoms with Crippen molar-refractivity contribution in [2.24, 2.45) is 0 Å². The van der Waals surface area contributed by atoms with E-state index in [-0.39, 0.29) is 41.0 Å². The van der Waals surface area contributed by atoms with E-state index >= 15 is 0 Å². The fourth-order valence-electron chi connectivity index (χ4n) is 2.81. The molecular formula is C21H19BrF2N4O4. The van der Waals surface area contributed by atoms with Gasteiger partial charge in [0.2, 0.25) is 0 Å². The number of hydrogen-bond donors (Lipinski definition) is 1. The van der Waals surface area contributed by atoms with Crippen LogP contribution in [0.3, 0.4) is 0 Å². The first-order valence-corrected chi connectivity index (χ1v) is 10.2. The first kappa shape index (κ1) is 23.3.